The smallest absolute Gasteiger partial charge is 0.261 e. The number of rotatable bonds is 8. The minimum atomic E-state index is -0.442. The summed E-state index contributed by atoms with van der Waals surface area (Å²) in [5, 5.41) is 18.5. The van der Waals surface area contributed by atoms with Crippen molar-refractivity contribution >= 4 is 44.8 Å². The molecule has 8 heteroatoms. The van der Waals surface area contributed by atoms with E-state index in [1.54, 1.807) is 0 Å². The van der Waals surface area contributed by atoms with Crippen LogP contribution in [0, 0.1) is 0 Å². The largest absolute Gasteiger partial charge is 0.395 e. The van der Waals surface area contributed by atoms with E-state index in [4.69, 9.17) is 5.10 Å². The van der Waals surface area contributed by atoms with Gasteiger partial charge in [0.1, 0.15) is 5.69 Å². The number of aromatic nitrogens is 3. The highest BCUT2D eigenvalue weighted by atomic mass is 16.3. The average Bonchev–Trinajstić information content (AvgIpc) is 3.45. The van der Waals surface area contributed by atoms with Crippen LogP contribution in [0.2, 0.25) is 0 Å². The molecule has 2 aromatic carbocycles. The SMILES string of the molecule is CN(C)CCCn1nc(C2=C(c3cn(CCO)c4ccccc34)C(=O)NC2=O)c2ccccc21. The molecule has 34 heavy (non-hydrogen) atoms. The summed E-state index contributed by atoms with van der Waals surface area (Å²) in [4.78, 5) is 28.3. The molecule has 4 aromatic rings. The number of nitrogens with zero attached hydrogens (tertiary/aromatic N) is 4. The van der Waals surface area contributed by atoms with Crippen molar-refractivity contribution in [2.75, 3.05) is 27.2 Å². The van der Waals surface area contributed by atoms with Crippen molar-refractivity contribution in [3.63, 3.8) is 0 Å². The topological polar surface area (TPSA) is 92.4 Å². The van der Waals surface area contributed by atoms with Gasteiger partial charge in [0, 0.05) is 41.1 Å². The highest BCUT2D eigenvalue weighted by molar-refractivity contribution is 6.50. The Morgan fingerprint density at radius 3 is 2.32 bits per heavy atom. The Morgan fingerprint density at radius 2 is 1.59 bits per heavy atom. The number of carbonyl (C=O) groups excluding carboxylic acids is 2. The van der Waals surface area contributed by atoms with Crippen LogP contribution in [0.4, 0.5) is 0 Å². The van der Waals surface area contributed by atoms with Crippen LogP contribution in [0.5, 0.6) is 0 Å². The monoisotopic (exact) mass is 457 g/mol. The van der Waals surface area contributed by atoms with Crippen LogP contribution in [0.15, 0.2) is 54.7 Å². The summed E-state index contributed by atoms with van der Waals surface area (Å²) in [5.74, 6) is -0.874. The van der Waals surface area contributed by atoms with Crippen LogP contribution in [0.3, 0.4) is 0 Å². The van der Waals surface area contributed by atoms with Crippen molar-refractivity contribution < 1.29 is 14.7 Å². The van der Waals surface area contributed by atoms with E-state index >= 15 is 0 Å². The fourth-order valence-electron chi connectivity index (χ4n) is 4.70. The van der Waals surface area contributed by atoms with Crippen molar-refractivity contribution in [2.45, 2.75) is 19.5 Å². The summed E-state index contributed by atoms with van der Waals surface area (Å²) >= 11 is 0. The first-order valence-electron chi connectivity index (χ1n) is 11.4. The lowest BCUT2D eigenvalue weighted by Gasteiger charge is -2.09. The van der Waals surface area contributed by atoms with E-state index in [9.17, 15) is 14.7 Å². The molecule has 3 heterocycles. The minimum absolute atomic E-state index is 0.0306. The quantitative estimate of drug-likeness (QED) is 0.397. The molecule has 0 atom stereocenters. The Bertz CT molecular complexity index is 1440. The molecule has 0 radical (unpaired) electrons. The number of benzene rings is 2. The molecule has 0 saturated carbocycles. The second-order valence-electron chi connectivity index (χ2n) is 8.76. The van der Waals surface area contributed by atoms with Crippen LogP contribution in [-0.4, -0.2) is 63.4 Å². The van der Waals surface area contributed by atoms with Gasteiger partial charge in [-0.3, -0.25) is 19.6 Å². The van der Waals surface area contributed by atoms with Crippen LogP contribution in [-0.2, 0) is 22.7 Å². The van der Waals surface area contributed by atoms with E-state index in [1.165, 1.54) is 0 Å². The van der Waals surface area contributed by atoms with E-state index in [0.717, 1.165) is 34.8 Å². The molecule has 0 unspecified atom stereocenters. The van der Waals surface area contributed by atoms with Crippen molar-refractivity contribution in [1.29, 1.82) is 0 Å². The third kappa shape index (κ3) is 3.70. The second-order valence-corrected chi connectivity index (χ2v) is 8.76. The molecule has 1 aliphatic heterocycles. The summed E-state index contributed by atoms with van der Waals surface area (Å²) in [6.45, 7) is 1.98. The first-order chi connectivity index (χ1) is 16.5. The first-order valence-corrected chi connectivity index (χ1v) is 11.4. The number of fused-ring (bicyclic) bond motifs is 2. The van der Waals surface area contributed by atoms with Crippen LogP contribution >= 0.6 is 0 Å². The lowest BCUT2D eigenvalue weighted by Crippen LogP contribution is -2.22. The summed E-state index contributed by atoms with van der Waals surface area (Å²) in [5.41, 5.74) is 3.61. The molecule has 2 N–H and O–H groups in total. The fraction of sp³-hybridized carbons (Fsp3) is 0.269. The number of aliphatic hydroxyl groups is 1. The average molecular weight is 458 g/mol. The Labute approximate surface area is 197 Å². The van der Waals surface area contributed by atoms with Gasteiger partial charge in [0.2, 0.25) is 0 Å². The van der Waals surface area contributed by atoms with E-state index < -0.39 is 11.8 Å². The Morgan fingerprint density at radius 1 is 0.912 bits per heavy atom. The van der Waals surface area contributed by atoms with Crippen LogP contribution < -0.4 is 5.32 Å². The predicted molar refractivity (Wildman–Crippen MR) is 132 cm³/mol. The van der Waals surface area contributed by atoms with Crippen molar-refractivity contribution in [2.24, 2.45) is 0 Å². The Kier molecular flexibility index (Phi) is 5.77. The number of nitrogens with one attached hydrogen (secondary N) is 1. The van der Waals surface area contributed by atoms with Gasteiger partial charge in [-0.05, 0) is 39.2 Å². The molecule has 174 valence electrons. The van der Waals surface area contributed by atoms with Gasteiger partial charge in [-0.2, -0.15) is 5.10 Å². The van der Waals surface area contributed by atoms with Crippen molar-refractivity contribution in [3.8, 4) is 0 Å². The Balaban J connectivity index is 1.72. The van der Waals surface area contributed by atoms with Gasteiger partial charge in [-0.1, -0.05) is 36.4 Å². The summed E-state index contributed by atoms with van der Waals surface area (Å²) in [7, 11) is 4.07. The maximum Gasteiger partial charge on any atom is 0.261 e. The normalized spacial score (nSPS) is 14.2. The number of hydrogen-bond donors (Lipinski definition) is 2. The van der Waals surface area contributed by atoms with Gasteiger partial charge in [0.25, 0.3) is 11.8 Å². The summed E-state index contributed by atoms with van der Waals surface area (Å²) in [6.07, 6.45) is 2.74. The molecule has 1 aliphatic rings. The van der Waals surface area contributed by atoms with Crippen molar-refractivity contribution in [3.05, 3.63) is 66.0 Å². The molecule has 0 fully saturated rings. The number of aliphatic hydroxyl groups excluding tert-OH is 1. The second kappa shape index (κ2) is 8.89. The number of imide groups is 1. The van der Waals surface area contributed by atoms with Gasteiger partial charge in [-0.25, -0.2) is 0 Å². The summed E-state index contributed by atoms with van der Waals surface area (Å²) < 4.78 is 3.83. The van der Waals surface area contributed by atoms with Crippen LogP contribution in [0.25, 0.3) is 33.0 Å². The zero-order valence-corrected chi connectivity index (χ0v) is 19.3. The number of hydrogen-bond acceptors (Lipinski definition) is 5. The number of carbonyl (C=O) groups is 2. The molecular formula is C26H27N5O3. The predicted octanol–water partition coefficient (Wildman–Crippen LogP) is 2.50. The zero-order valence-electron chi connectivity index (χ0n) is 19.3. The van der Waals surface area contributed by atoms with Gasteiger partial charge in [0.05, 0.1) is 23.3 Å². The highest BCUT2D eigenvalue weighted by Crippen LogP contribution is 2.37. The van der Waals surface area contributed by atoms with Crippen LogP contribution in [0.1, 0.15) is 17.7 Å². The molecule has 0 spiro atoms. The molecular weight excluding hydrogens is 430 g/mol. The molecule has 8 nitrogen and oxygen atoms in total. The lowest BCUT2D eigenvalue weighted by molar-refractivity contribution is -0.122. The number of amides is 2. The molecule has 0 aliphatic carbocycles. The van der Waals surface area contributed by atoms with E-state index in [1.807, 2.05) is 78.1 Å². The molecule has 0 bridgehead atoms. The highest BCUT2D eigenvalue weighted by Gasteiger charge is 2.36. The van der Waals surface area contributed by atoms with Gasteiger partial charge in [-0.15, -0.1) is 0 Å². The zero-order chi connectivity index (χ0) is 23.8. The first kappa shape index (κ1) is 22.1. The van der Waals surface area contributed by atoms with E-state index in [0.29, 0.717) is 35.5 Å². The number of para-hydroxylation sites is 2. The fourth-order valence-corrected chi connectivity index (χ4v) is 4.70. The van der Waals surface area contributed by atoms with Gasteiger partial charge < -0.3 is 14.6 Å². The maximum absolute atomic E-state index is 13.1. The molecule has 2 aromatic heterocycles. The summed E-state index contributed by atoms with van der Waals surface area (Å²) in [6, 6.07) is 15.5. The lowest BCUT2D eigenvalue weighted by atomic mass is 9.97. The van der Waals surface area contributed by atoms with Crippen molar-refractivity contribution in [1.82, 2.24) is 24.6 Å². The van der Waals surface area contributed by atoms with E-state index in [-0.39, 0.29) is 6.61 Å². The van der Waals surface area contributed by atoms with Gasteiger partial charge >= 0.3 is 0 Å². The molecule has 2 amide bonds. The van der Waals surface area contributed by atoms with Gasteiger partial charge in [0.15, 0.2) is 0 Å². The molecule has 0 saturated heterocycles. The minimum Gasteiger partial charge on any atom is -0.395 e. The van der Waals surface area contributed by atoms with E-state index in [2.05, 4.69) is 10.2 Å². The maximum atomic E-state index is 13.1. The number of aryl methyl sites for hydroxylation is 1. The third-order valence-electron chi connectivity index (χ3n) is 6.20. The third-order valence-corrected chi connectivity index (χ3v) is 6.20. The standard InChI is InChI=1S/C26H27N5O3/c1-29(2)12-7-13-31-21-11-6-4-9-18(21)24(28-31)23-22(25(33)27-26(23)34)19-16-30(14-15-32)20-10-5-3-8-17(19)20/h3-6,8-11,16,32H,7,12-15H2,1-2H3,(H,27,33,34). The molecule has 5 rings (SSSR count). The Hall–Kier alpha value is -3.75.